The number of hydrogen-bond donors (Lipinski definition) is 0. The Morgan fingerprint density at radius 1 is 0.933 bits per heavy atom. The van der Waals surface area contributed by atoms with Crippen LogP contribution in [0.2, 0.25) is 0 Å². The summed E-state index contributed by atoms with van der Waals surface area (Å²) in [5.41, 5.74) is 0. The first kappa shape index (κ1) is 10.6. The molecule has 0 unspecified atom stereocenters. The van der Waals surface area contributed by atoms with Crippen molar-refractivity contribution in [3.8, 4) is 0 Å². The van der Waals surface area contributed by atoms with Gasteiger partial charge in [0.05, 0.1) is 0 Å². The first-order chi connectivity index (χ1) is 7.21. The van der Waals surface area contributed by atoms with Gasteiger partial charge in [0, 0.05) is 25.2 Å². The quantitative estimate of drug-likeness (QED) is 0.616. The Labute approximate surface area is 96.0 Å². The van der Waals surface area contributed by atoms with E-state index in [0.717, 1.165) is 25.9 Å². The molecule has 3 aliphatic rings. The normalized spacial score (nSPS) is 41.1. The molecule has 0 aliphatic carbocycles. The fraction of sp³-hybridized carbons (Fsp3) is 1.00. The van der Waals surface area contributed by atoms with Crippen LogP contribution in [0.4, 0.5) is 0 Å². The van der Waals surface area contributed by atoms with Gasteiger partial charge < -0.3 is 0 Å². The standard InChI is InChI=1S/C10H18ClN2OP/c11-15(14)12-7-3-1-5-9(12)10-6-2-4-8-13(10)15/h9-10H,1-8H2/t9-,10-/m1/s1. The fourth-order valence-corrected chi connectivity index (χ4v) is 6.89. The summed E-state index contributed by atoms with van der Waals surface area (Å²) in [5, 5.41) is 0. The maximum atomic E-state index is 12.6. The lowest BCUT2D eigenvalue weighted by Gasteiger charge is -2.32. The van der Waals surface area contributed by atoms with Crippen molar-refractivity contribution in [2.24, 2.45) is 0 Å². The van der Waals surface area contributed by atoms with Gasteiger partial charge in [-0.1, -0.05) is 12.8 Å². The first-order valence-corrected chi connectivity index (χ1v) is 8.57. The van der Waals surface area contributed by atoms with Crippen LogP contribution in [-0.2, 0) is 4.57 Å². The second-order valence-corrected chi connectivity index (χ2v) is 8.22. The Morgan fingerprint density at radius 2 is 1.40 bits per heavy atom. The SMILES string of the molecule is O=P1(Cl)N2CCCC[C@@H]2[C@H]2CCCCN21. The van der Waals surface area contributed by atoms with Crippen molar-refractivity contribution in [1.82, 2.24) is 9.34 Å². The predicted octanol–water partition coefficient (Wildman–Crippen LogP) is 3.06. The molecule has 3 nitrogen and oxygen atoms in total. The Hall–Kier alpha value is 0.440. The maximum Gasteiger partial charge on any atom is 0.305 e. The lowest BCUT2D eigenvalue weighted by Crippen LogP contribution is -2.41. The zero-order valence-corrected chi connectivity index (χ0v) is 10.6. The number of rotatable bonds is 0. The number of piperidine rings is 2. The molecule has 0 radical (unpaired) electrons. The lowest BCUT2D eigenvalue weighted by atomic mass is 9.92. The first-order valence-electron chi connectivity index (χ1n) is 6.05. The van der Waals surface area contributed by atoms with E-state index >= 15 is 0 Å². The van der Waals surface area contributed by atoms with Gasteiger partial charge in [-0.25, -0.2) is 9.34 Å². The van der Waals surface area contributed by atoms with E-state index in [1.54, 1.807) is 0 Å². The van der Waals surface area contributed by atoms with E-state index in [1.165, 1.54) is 25.7 Å². The van der Waals surface area contributed by atoms with E-state index in [4.69, 9.17) is 11.2 Å². The highest BCUT2D eigenvalue weighted by atomic mass is 35.7. The summed E-state index contributed by atoms with van der Waals surface area (Å²) < 4.78 is 16.8. The van der Waals surface area contributed by atoms with Gasteiger partial charge in [-0.05, 0) is 36.9 Å². The predicted molar refractivity (Wildman–Crippen MR) is 62.1 cm³/mol. The van der Waals surface area contributed by atoms with Crippen LogP contribution in [0.15, 0.2) is 0 Å². The van der Waals surface area contributed by atoms with Crippen molar-refractivity contribution in [1.29, 1.82) is 0 Å². The van der Waals surface area contributed by atoms with Crippen LogP contribution in [0.1, 0.15) is 38.5 Å². The minimum atomic E-state index is -2.67. The highest BCUT2D eigenvalue weighted by Crippen LogP contribution is 2.67. The van der Waals surface area contributed by atoms with Gasteiger partial charge in [-0.2, -0.15) is 0 Å². The van der Waals surface area contributed by atoms with Crippen molar-refractivity contribution in [3.63, 3.8) is 0 Å². The molecule has 0 aromatic rings. The van der Waals surface area contributed by atoms with E-state index in [-0.39, 0.29) is 0 Å². The van der Waals surface area contributed by atoms with Gasteiger partial charge in [-0.15, -0.1) is 0 Å². The van der Waals surface area contributed by atoms with Crippen LogP contribution in [0, 0.1) is 0 Å². The van der Waals surface area contributed by atoms with Gasteiger partial charge in [0.25, 0.3) is 0 Å². The lowest BCUT2D eigenvalue weighted by molar-refractivity contribution is 0.186. The zero-order valence-electron chi connectivity index (χ0n) is 8.94. The molecule has 3 saturated heterocycles. The number of halogens is 1. The molecule has 5 heteroatoms. The third kappa shape index (κ3) is 1.51. The van der Waals surface area contributed by atoms with Crippen molar-refractivity contribution in [2.45, 2.75) is 50.6 Å². The third-order valence-electron chi connectivity index (χ3n) is 4.12. The minimum absolute atomic E-state index is 0.488. The van der Waals surface area contributed by atoms with Gasteiger partial charge >= 0.3 is 6.80 Å². The van der Waals surface area contributed by atoms with E-state index in [0.29, 0.717) is 12.1 Å². The summed E-state index contributed by atoms with van der Waals surface area (Å²) in [6, 6.07) is 0.977. The average Bonchev–Trinajstić information content (AvgIpc) is 2.51. The molecule has 0 spiro atoms. The smallest absolute Gasteiger partial charge is 0.271 e. The second-order valence-electron chi connectivity index (χ2n) is 4.93. The zero-order chi connectivity index (χ0) is 10.5. The molecule has 86 valence electrons. The molecule has 0 saturated carbocycles. The van der Waals surface area contributed by atoms with Crippen LogP contribution in [-0.4, -0.2) is 34.5 Å². The second kappa shape index (κ2) is 3.73. The number of hydrogen-bond acceptors (Lipinski definition) is 1. The van der Waals surface area contributed by atoms with Crippen molar-refractivity contribution in [2.75, 3.05) is 13.1 Å². The van der Waals surface area contributed by atoms with E-state index < -0.39 is 6.80 Å². The van der Waals surface area contributed by atoms with Gasteiger partial charge in [0.2, 0.25) is 0 Å². The molecule has 3 heterocycles. The Morgan fingerprint density at radius 3 is 1.87 bits per heavy atom. The van der Waals surface area contributed by atoms with Crippen LogP contribution >= 0.6 is 18.0 Å². The third-order valence-corrected chi connectivity index (χ3v) is 7.54. The Kier molecular flexibility index (Phi) is 2.63. The summed E-state index contributed by atoms with van der Waals surface area (Å²) >= 11 is 6.32. The van der Waals surface area contributed by atoms with E-state index in [1.807, 2.05) is 0 Å². The molecule has 3 rings (SSSR count). The summed E-state index contributed by atoms with van der Waals surface area (Å²) in [4.78, 5) is 0. The average molecular weight is 249 g/mol. The summed E-state index contributed by atoms with van der Waals surface area (Å²) in [6.07, 6.45) is 7.27. The molecule has 0 bridgehead atoms. The van der Waals surface area contributed by atoms with Crippen LogP contribution < -0.4 is 0 Å². The van der Waals surface area contributed by atoms with Crippen LogP contribution in [0.25, 0.3) is 0 Å². The summed E-state index contributed by atoms with van der Waals surface area (Å²) in [5.74, 6) is 0. The minimum Gasteiger partial charge on any atom is -0.271 e. The van der Waals surface area contributed by atoms with Crippen molar-refractivity contribution in [3.05, 3.63) is 0 Å². The molecular formula is C10H18ClN2OP. The summed E-state index contributed by atoms with van der Waals surface area (Å²) in [6.45, 7) is -0.782. The molecule has 0 N–H and O–H groups in total. The molecular weight excluding hydrogens is 231 g/mol. The highest BCUT2D eigenvalue weighted by Gasteiger charge is 2.54. The highest BCUT2D eigenvalue weighted by molar-refractivity contribution is 7.85. The molecule has 0 amide bonds. The van der Waals surface area contributed by atoms with Gasteiger partial charge in [-0.3, -0.25) is 4.57 Å². The molecule has 3 aliphatic heterocycles. The molecule has 2 atom stereocenters. The van der Waals surface area contributed by atoms with Gasteiger partial charge in [0.15, 0.2) is 0 Å². The topological polar surface area (TPSA) is 23.6 Å². The van der Waals surface area contributed by atoms with E-state index in [2.05, 4.69) is 9.34 Å². The van der Waals surface area contributed by atoms with Crippen molar-refractivity contribution >= 4 is 18.0 Å². The van der Waals surface area contributed by atoms with Crippen molar-refractivity contribution < 1.29 is 4.57 Å². The molecule has 3 fully saturated rings. The molecule has 15 heavy (non-hydrogen) atoms. The Balaban J connectivity index is 1.94. The molecule has 0 aromatic carbocycles. The fourth-order valence-electron chi connectivity index (χ4n) is 3.43. The van der Waals surface area contributed by atoms with E-state index in [9.17, 15) is 4.57 Å². The monoisotopic (exact) mass is 248 g/mol. The maximum absolute atomic E-state index is 12.6. The summed E-state index contributed by atoms with van der Waals surface area (Å²) in [7, 11) is 0. The largest absolute Gasteiger partial charge is 0.305 e. The van der Waals surface area contributed by atoms with Gasteiger partial charge in [0.1, 0.15) is 0 Å². The Bertz CT molecular complexity index is 286. The number of fused-ring (bicyclic) bond motifs is 3. The molecule has 0 aromatic heterocycles. The van der Waals surface area contributed by atoms with Crippen LogP contribution in [0.5, 0.6) is 0 Å². The van der Waals surface area contributed by atoms with Crippen LogP contribution in [0.3, 0.4) is 0 Å². The number of nitrogens with zero attached hydrogens (tertiary/aromatic N) is 2.